The van der Waals surface area contributed by atoms with E-state index in [-0.39, 0.29) is 12.6 Å². The normalized spacial score (nSPS) is 12.3. The first-order valence-corrected chi connectivity index (χ1v) is 7.02. The van der Waals surface area contributed by atoms with Crippen molar-refractivity contribution in [1.29, 1.82) is 0 Å². The Morgan fingerprint density at radius 3 is 2.65 bits per heavy atom. The van der Waals surface area contributed by atoms with Gasteiger partial charge < -0.3 is 15.0 Å². The van der Waals surface area contributed by atoms with E-state index in [0.717, 1.165) is 36.4 Å². The van der Waals surface area contributed by atoms with Crippen LogP contribution in [0.25, 0.3) is 0 Å². The summed E-state index contributed by atoms with van der Waals surface area (Å²) in [6.45, 7) is 4.43. The smallest absolute Gasteiger partial charge is 0.264 e. The summed E-state index contributed by atoms with van der Waals surface area (Å²) in [4.78, 5) is 4.25. The van der Waals surface area contributed by atoms with E-state index in [4.69, 9.17) is 15.0 Å². The van der Waals surface area contributed by atoms with E-state index in [0.29, 0.717) is 5.89 Å². The zero-order valence-electron chi connectivity index (χ0n) is 12.0. The molecular formula is C15H21N3O2. The first kappa shape index (κ1) is 14.5. The summed E-state index contributed by atoms with van der Waals surface area (Å²) >= 11 is 0. The van der Waals surface area contributed by atoms with Crippen molar-refractivity contribution >= 4 is 0 Å². The Labute approximate surface area is 119 Å². The molecular weight excluding hydrogens is 254 g/mol. The number of rotatable bonds is 7. The van der Waals surface area contributed by atoms with Gasteiger partial charge in [0.05, 0.1) is 0 Å². The van der Waals surface area contributed by atoms with Crippen molar-refractivity contribution in [1.82, 2.24) is 10.1 Å². The number of hydrogen-bond acceptors (Lipinski definition) is 5. The lowest BCUT2D eigenvalue weighted by atomic mass is 10.1. The number of aromatic nitrogens is 2. The predicted octanol–water partition coefficient (Wildman–Crippen LogP) is 3.01. The lowest BCUT2D eigenvalue weighted by Gasteiger charge is -2.10. The van der Waals surface area contributed by atoms with E-state index in [1.807, 2.05) is 24.3 Å². The molecule has 5 nitrogen and oxygen atoms in total. The molecule has 0 saturated heterocycles. The molecule has 108 valence electrons. The highest BCUT2D eigenvalue weighted by molar-refractivity contribution is 5.29. The summed E-state index contributed by atoms with van der Waals surface area (Å²) < 4.78 is 10.7. The average Bonchev–Trinajstić information content (AvgIpc) is 2.93. The molecule has 0 fully saturated rings. The van der Waals surface area contributed by atoms with E-state index in [9.17, 15) is 0 Å². The minimum absolute atomic E-state index is 0.0802. The summed E-state index contributed by atoms with van der Waals surface area (Å²) in [7, 11) is 0. The van der Waals surface area contributed by atoms with Crippen LogP contribution in [0.3, 0.4) is 0 Å². The number of nitrogens with zero attached hydrogens (tertiary/aromatic N) is 2. The number of hydrogen-bond donors (Lipinski definition) is 1. The van der Waals surface area contributed by atoms with E-state index in [2.05, 4.69) is 24.0 Å². The fraction of sp³-hybridized carbons (Fsp3) is 0.467. The third-order valence-corrected chi connectivity index (χ3v) is 3.09. The van der Waals surface area contributed by atoms with Crippen molar-refractivity contribution in [3.05, 3.63) is 41.5 Å². The SMILES string of the molecule is CCCc1noc(COc2ccc([C@H](N)CC)cc2)n1. The highest BCUT2D eigenvalue weighted by atomic mass is 16.5. The van der Waals surface area contributed by atoms with Gasteiger partial charge in [0, 0.05) is 12.5 Å². The molecule has 2 rings (SSSR count). The first-order valence-electron chi connectivity index (χ1n) is 7.02. The van der Waals surface area contributed by atoms with Gasteiger partial charge in [-0.05, 0) is 30.5 Å². The average molecular weight is 275 g/mol. The van der Waals surface area contributed by atoms with Crippen molar-refractivity contribution in [2.75, 3.05) is 0 Å². The second-order valence-corrected chi connectivity index (χ2v) is 4.73. The van der Waals surface area contributed by atoms with Gasteiger partial charge in [0.25, 0.3) is 5.89 Å². The summed E-state index contributed by atoms with van der Waals surface area (Å²) in [5.41, 5.74) is 7.08. The van der Waals surface area contributed by atoms with Gasteiger partial charge in [-0.15, -0.1) is 0 Å². The van der Waals surface area contributed by atoms with Crippen LogP contribution in [0, 0.1) is 0 Å². The molecule has 1 aromatic heterocycles. The highest BCUT2D eigenvalue weighted by Gasteiger charge is 2.07. The molecule has 0 aliphatic rings. The van der Waals surface area contributed by atoms with Crippen LogP contribution >= 0.6 is 0 Å². The molecule has 0 unspecified atom stereocenters. The third kappa shape index (κ3) is 3.81. The van der Waals surface area contributed by atoms with Crippen molar-refractivity contribution in [2.24, 2.45) is 5.73 Å². The van der Waals surface area contributed by atoms with Crippen LogP contribution in [0.5, 0.6) is 5.75 Å². The maximum absolute atomic E-state index is 5.97. The van der Waals surface area contributed by atoms with E-state index in [1.165, 1.54) is 0 Å². The molecule has 0 bridgehead atoms. The van der Waals surface area contributed by atoms with Crippen LogP contribution in [0.15, 0.2) is 28.8 Å². The maximum atomic E-state index is 5.97. The summed E-state index contributed by atoms with van der Waals surface area (Å²) in [6, 6.07) is 7.87. The molecule has 5 heteroatoms. The zero-order valence-corrected chi connectivity index (χ0v) is 12.0. The lowest BCUT2D eigenvalue weighted by Crippen LogP contribution is -2.08. The van der Waals surface area contributed by atoms with Gasteiger partial charge in [0.15, 0.2) is 12.4 Å². The van der Waals surface area contributed by atoms with Crippen molar-refractivity contribution < 1.29 is 9.26 Å². The summed E-state index contributed by atoms with van der Waals surface area (Å²) in [5.74, 6) is 2.01. The second kappa shape index (κ2) is 7.05. The van der Waals surface area contributed by atoms with E-state index >= 15 is 0 Å². The molecule has 1 aromatic carbocycles. The Balaban J connectivity index is 1.89. The molecule has 2 aromatic rings. The molecule has 0 amide bonds. The Hall–Kier alpha value is -1.88. The largest absolute Gasteiger partial charge is 0.484 e. The molecule has 0 saturated carbocycles. The fourth-order valence-corrected chi connectivity index (χ4v) is 1.87. The quantitative estimate of drug-likeness (QED) is 0.840. The van der Waals surface area contributed by atoms with Crippen LogP contribution in [0.1, 0.15) is 50.0 Å². The standard InChI is InChI=1S/C15H21N3O2/c1-3-5-14-17-15(20-18-14)10-19-12-8-6-11(7-9-12)13(16)4-2/h6-9,13H,3-5,10,16H2,1-2H3/t13-/m1/s1. The van der Waals surface area contributed by atoms with Crippen molar-refractivity contribution in [3.8, 4) is 5.75 Å². The van der Waals surface area contributed by atoms with Gasteiger partial charge in [-0.25, -0.2) is 0 Å². The molecule has 1 atom stereocenters. The molecule has 1 heterocycles. The predicted molar refractivity (Wildman–Crippen MR) is 76.3 cm³/mol. The number of aryl methyl sites for hydroxylation is 1. The monoisotopic (exact) mass is 275 g/mol. The van der Waals surface area contributed by atoms with E-state index in [1.54, 1.807) is 0 Å². The molecule has 0 aliphatic carbocycles. The van der Waals surface area contributed by atoms with Gasteiger partial charge in [0.2, 0.25) is 0 Å². The van der Waals surface area contributed by atoms with Crippen LogP contribution in [0.4, 0.5) is 0 Å². The minimum atomic E-state index is 0.0802. The lowest BCUT2D eigenvalue weighted by molar-refractivity contribution is 0.242. The molecule has 20 heavy (non-hydrogen) atoms. The Morgan fingerprint density at radius 1 is 1.25 bits per heavy atom. The van der Waals surface area contributed by atoms with Crippen LogP contribution < -0.4 is 10.5 Å². The molecule has 0 aliphatic heterocycles. The van der Waals surface area contributed by atoms with Crippen LogP contribution in [-0.2, 0) is 13.0 Å². The van der Waals surface area contributed by atoms with Gasteiger partial charge in [-0.3, -0.25) is 0 Å². The van der Waals surface area contributed by atoms with Crippen molar-refractivity contribution in [2.45, 2.75) is 45.8 Å². The topological polar surface area (TPSA) is 74.2 Å². The number of ether oxygens (including phenoxy) is 1. The second-order valence-electron chi connectivity index (χ2n) is 4.73. The van der Waals surface area contributed by atoms with Gasteiger partial charge in [0.1, 0.15) is 5.75 Å². The molecule has 0 spiro atoms. The van der Waals surface area contributed by atoms with Crippen molar-refractivity contribution in [3.63, 3.8) is 0 Å². The Morgan fingerprint density at radius 2 is 2.00 bits per heavy atom. The van der Waals surface area contributed by atoms with Crippen LogP contribution in [0.2, 0.25) is 0 Å². The van der Waals surface area contributed by atoms with E-state index < -0.39 is 0 Å². The Bertz CT molecular complexity index is 522. The number of nitrogens with two attached hydrogens (primary N) is 1. The first-order chi connectivity index (χ1) is 9.72. The Kier molecular flexibility index (Phi) is 5.12. The van der Waals surface area contributed by atoms with Crippen LogP contribution in [-0.4, -0.2) is 10.1 Å². The van der Waals surface area contributed by atoms with Gasteiger partial charge >= 0.3 is 0 Å². The summed E-state index contributed by atoms with van der Waals surface area (Å²) in [6.07, 6.45) is 2.74. The zero-order chi connectivity index (χ0) is 14.4. The maximum Gasteiger partial charge on any atom is 0.264 e. The van der Waals surface area contributed by atoms with Gasteiger partial charge in [-0.1, -0.05) is 31.1 Å². The number of benzene rings is 1. The summed E-state index contributed by atoms with van der Waals surface area (Å²) in [5, 5.41) is 3.88. The third-order valence-electron chi connectivity index (χ3n) is 3.09. The van der Waals surface area contributed by atoms with Gasteiger partial charge in [-0.2, -0.15) is 4.98 Å². The molecule has 2 N–H and O–H groups in total. The highest BCUT2D eigenvalue weighted by Crippen LogP contribution is 2.19. The fourth-order valence-electron chi connectivity index (χ4n) is 1.87. The minimum Gasteiger partial charge on any atom is -0.484 e. The molecule has 0 radical (unpaired) electrons.